The summed E-state index contributed by atoms with van der Waals surface area (Å²) >= 11 is 1.89. The maximum atomic E-state index is 2.54. The molecule has 11 rings (SSSR count). The molecule has 4 heterocycles. The van der Waals surface area contributed by atoms with E-state index in [-0.39, 0.29) is 0 Å². The molecule has 2 nitrogen and oxygen atoms in total. The van der Waals surface area contributed by atoms with E-state index in [1.807, 2.05) is 11.3 Å². The molecule has 7 aromatic carbocycles. The summed E-state index contributed by atoms with van der Waals surface area (Å²) in [6, 6.07) is 49.8. The van der Waals surface area contributed by atoms with Crippen molar-refractivity contribution in [3.05, 3.63) is 133 Å². The summed E-state index contributed by atoms with van der Waals surface area (Å²) < 4.78 is 7.73. The lowest BCUT2D eigenvalue weighted by atomic mass is 9.98. The number of para-hydroxylation sites is 3. The topological polar surface area (TPSA) is 8.82 Å². The SMILES string of the molecule is c1ccc2c(c1)cc1c3cc4c(cc3n3c5ccccc5c5cccc(c53)n3c5ccccc5c2c13)sc1ccccc14. The van der Waals surface area contributed by atoms with Gasteiger partial charge < -0.3 is 8.80 Å². The largest absolute Gasteiger partial charge is 0.307 e. The van der Waals surface area contributed by atoms with Gasteiger partial charge in [0.25, 0.3) is 0 Å². The molecule has 0 radical (unpaired) electrons. The molecule has 3 heteroatoms. The molecule has 0 aliphatic carbocycles. The number of fused-ring (bicyclic) bond motifs is 15. The fourth-order valence-corrected chi connectivity index (χ4v) is 9.01. The first-order chi connectivity index (χ1) is 21.3. The van der Waals surface area contributed by atoms with Gasteiger partial charge in [0.1, 0.15) is 0 Å². The summed E-state index contributed by atoms with van der Waals surface area (Å²) in [7, 11) is 0. The highest BCUT2D eigenvalue weighted by Gasteiger charge is 2.21. The number of hydrogen-bond acceptors (Lipinski definition) is 1. The maximum absolute atomic E-state index is 2.54. The van der Waals surface area contributed by atoms with Gasteiger partial charge >= 0.3 is 0 Å². The summed E-state index contributed by atoms with van der Waals surface area (Å²) in [5.41, 5.74) is 7.48. The quantitative estimate of drug-likeness (QED) is 0.174. The van der Waals surface area contributed by atoms with Crippen molar-refractivity contribution >= 4 is 108 Å². The second-order valence-electron chi connectivity index (χ2n) is 11.7. The summed E-state index contributed by atoms with van der Waals surface area (Å²) in [6.45, 7) is 0. The average Bonchev–Trinajstić information content (AvgIpc) is 3.71. The first kappa shape index (κ1) is 22.2. The van der Waals surface area contributed by atoms with Gasteiger partial charge in [-0.15, -0.1) is 11.3 Å². The minimum atomic E-state index is 1.22. The Kier molecular flexibility index (Phi) is 3.99. The first-order valence-electron chi connectivity index (χ1n) is 14.8. The molecule has 43 heavy (non-hydrogen) atoms. The lowest BCUT2D eigenvalue weighted by Crippen LogP contribution is -1.94. The van der Waals surface area contributed by atoms with Crippen LogP contribution in [0.25, 0.3) is 96.4 Å². The Morgan fingerprint density at radius 2 is 1.00 bits per heavy atom. The van der Waals surface area contributed by atoms with E-state index in [1.165, 1.54) is 96.4 Å². The molecular formula is C40H22N2S. The number of nitrogens with zero attached hydrogens (tertiary/aromatic N) is 2. The normalized spacial score (nSPS) is 12.7. The van der Waals surface area contributed by atoms with Gasteiger partial charge in [0.15, 0.2) is 0 Å². The van der Waals surface area contributed by atoms with Crippen LogP contribution in [-0.4, -0.2) is 8.80 Å². The van der Waals surface area contributed by atoms with Crippen molar-refractivity contribution in [1.29, 1.82) is 0 Å². The molecule has 11 aromatic rings. The van der Waals surface area contributed by atoms with Gasteiger partial charge in [-0.05, 0) is 53.2 Å². The predicted octanol–water partition coefficient (Wildman–Crippen LogP) is 11.5. The van der Waals surface area contributed by atoms with Crippen molar-refractivity contribution in [2.45, 2.75) is 0 Å². The van der Waals surface area contributed by atoms with Crippen molar-refractivity contribution in [3.8, 4) is 0 Å². The van der Waals surface area contributed by atoms with Crippen molar-refractivity contribution in [1.82, 2.24) is 8.80 Å². The molecule has 0 amide bonds. The van der Waals surface area contributed by atoms with Crippen molar-refractivity contribution in [3.63, 3.8) is 0 Å². The molecule has 0 aliphatic heterocycles. The van der Waals surface area contributed by atoms with E-state index < -0.39 is 0 Å². The number of aromatic nitrogens is 2. The maximum Gasteiger partial charge on any atom is 0.0782 e. The van der Waals surface area contributed by atoms with Crippen molar-refractivity contribution in [2.75, 3.05) is 0 Å². The number of rotatable bonds is 0. The minimum absolute atomic E-state index is 1.22. The molecule has 4 aromatic heterocycles. The third-order valence-corrected chi connectivity index (χ3v) is 10.7. The van der Waals surface area contributed by atoms with Crippen LogP contribution in [-0.2, 0) is 0 Å². The zero-order valence-electron chi connectivity index (χ0n) is 23.0. The molecule has 0 saturated heterocycles. The average molecular weight is 563 g/mol. The monoisotopic (exact) mass is 562 g/mol. The summed E-state index contributed by atoms with van der Waals surface area (Å²) in [4.78, 5) is 0. The van der Waals surface area contributed by atoms with Gasteiger partial charge in [0, 0.05) is 52.5 Å². The van der Waals surface area contributed by atoms with E-state index in [4.69, 9.17) is 0 Å². The van der Waals surface area contributed by atoms with E-state index >= 15 is 0 Å². The fourth-order valence-electron chi connectivity index (χ4n) is 7.89. The molecule has 0 atom stereocenters. The van der Waals surface area contributed by atoms with E-state index in [9.17, 15) is 0 Å². The smallest absolute Gasteiger partial charge is 0.0782 e. The van der Waals surface area contributed by atoms with Crippen molar-refractivity contribution in [2.24, 2.45) is 0 Å². The lowest BCUT2D eigenvalue weighted by Gasteiger charge is -2.12. The molecule has 0 bridgehead atoms. The van der Waals surface area contributed by atoms with Crippen LogP contribution in [0.2, 0.25) is 0 Å². The summed E-state index contributed by atoms with van der Waals surface area (Å²) in [5.74, 6) is 0. The Labute approximate surface area is 249 Å². The van der Waals surface area contributed by atoms with Gasteiger partial charge in [0.2, 0.25) is 0 Å². The second-order valence-corrected chi connectivity index (χ2v) is 12.8. The van der Waals surface area contributed by atoms with E-state index in [0.29, 0.717) is 0 Å². The third-order valence-electron chi connectivity index (χ3n) is 9.60. The number of thiophene rings is 1. The van der Waals surface area contributed by atoms with E-state index in [2.05, 4.69) is 142 Å². The van der Waals surface area contributed by atoms with Crippen LogP contribution in [0.3, 0.4) is 0 Å². The van der Waals surface area contributed by atoms with Gasteiger partial charge in [0.05, 0.1) is 33.1 Å². The Bertz CT molecular complexity index is 3010. The zero-order chi connectivity index (χ0) is 27.8. The van der Waals surface area contributed by atoms with Crippen LogP contribution in [0.4, 0.5) is 0 Å². The summed E-state index contributed by atoms with van der Waals surface area (Å²) in [6.07, 6.45) is 0. The standard InChI is InChI=1S/C40H22N2S/c1-2-11-24-23(10-1)20-31-29-21-30-26-13-5-8-19-36(26)43-37(30)22-35(29)42-32-16-6-3-12-25(32)27-15-9-18-34(39(27)42)41-33-17-7-4-14-28(33)38(24)40(31)41/h1-22H. The molecule has 0 fully saturated rings. The Hall–Kier alpha value is -5.38. The minimum Gasteiger partial charge on any atom is -0.307 e. The van der Waals surface area contributed by atoms with Crippen LogP contribution in [0, 0.1) is 0 Å². The van der Waals surface area contributed by atoms with Gasteiger partial charge in [-0.2, -0.15) is 0 Å². The van der Waals surface area contributed by atoms with Gasteiger partial charge in [-0.3, -0.25) is 0 Å². The number of benzene rings is 7. The van der Waals surface area contributed by atoms with E-state index in [1.54, 1.807) is 0 Å². The van der Waals surface area contributed by atoms with E-state index in [0.717, 1.165) is 0 Å². The third kappa shape index (κ3) is 2.65. The van der Waals surface area contributed by atoms with Crippen LogP contribution in [0.15, 0.2) is 133 Å². The highest BCUT2D eigenvalue weighted by atomic mass is 32.1. The van der Waals surface area contributed by atoms with Crippen LogP contribution >= 0.6 is 11.3 Å². The second kappa shape index (κ2) is 7.71. The zero-order valence-corrected chi connectivity index (χ0v) is 23.8. The Morgan fingerprint density at radius 3 is 1.88 bits per heavy atom. The Morgan fingerprint density at radius 1 is 0.349 bits per heavy atom. The fraction of sp³-hybridized carbons (Fsp3) is 0. The van der Waals surface area contributed by atoms with Crippen molar-refractivity contribution < 1.29 is 0 Å². The highest BCUT2D eigenvalue weighted by molar-refractivity contribution is 7.25. The van der Waals surface area contributed by atoms with Gasteiger partial charge in [-0.1, -0.05) is 91.0 Å². The predicted molar refractivity (Wildman–Crippen MR) is 186 cm³/mol. The van der Waals surface area contributed by atoms with Crippen LogP contribution in [0.1, 0.15) is 0 Å². The Balaban J connectivity index is 1.61. The van der Waals surface area contributed by atoms with Gasteiger partial charge in [-0.25, -0.2) is 0 Å². The molecule has 0 N–H and O–H groups in total. The molecule has 0 spiro atoms. The van der Waals surface area contributed by atoms with Crippen LogP contribution < -0.4 is 0 Å². The molecular weight excluding hydrogens is 541 g/mol. The molecule has 198 valence electrons. The van der Waals surface area contributed by atoms with Crippen LogP contribution in [0.5, 0.6) is 0 Å². The highest BCUT2D eigenvalue weighted by Crippen LogP contribution is 2.45. The number of hydrogen-bond donors (Lipinski definition) is 0. The molecule has 0 saturated carbocycles. The summed E-state index contributed by atoms with van der Waals surface area (Å²) in [5, 5.41) is 12.9. The first-order valence-corrected chi connectivity index (χ1v) is 15.6. The molecule has 0 aliphatic rings. The lowest BCUT2D eigenvalue weighted by molar-refractivity contribution is 1.30. The molecule has 0 unspecified atom stereocenters.